The van der Waals surface area contributed by atoms with Crippen molar-refractivity contribution < 1.29 is 0 Å². The predicted octanol–water partition coefficient (Wildman–Crippen LogP) is 4.39. The number of hydrogen-bond donors (Lipinski definition) is 1. The molecule has 19 heavy (non-hydrogen) atoms. The van der Waals surface area contributed by atoms with Crippen LogP contribution in [0.4, 0.5) is 11.4 Å². The Hall–Kier alpha value is -2.22. The van der Waals surface area contributed by atoms with Crippen molar-refractivity contribution in [3.63, 3.8) is 0 Å². The van der Waals surface area contributed by atoms with E-state index in [1.807, 2.05) is 25.1 Å². The molecule has 0 spiro atoms. The second kappa shape index (κ2) is 5.61. The normalized spacial score (nSPS) is 14.5. The van der Waals surface area contributed by atoms with Gasteiger partial charge < -0.3 is 5.32 Å². The first-order valence-corrected chi connectivity index (χ1v) is 6.10. The van der Waals surface area contributed by atoms with Gasteiger partial charge in [0.2, 0.25) is 0 Å². The number of amidine groups is 1. The first kappa shape index (κ1) is 13.2. The average molecular weight is 271 g/mol. The summed E-state index contributed by atoms with van der Waals surface area (Å²) in [6.07, 6.45) is 5.35. The third-order valence-corrected chi connectivity index (χ3v) is 2.91. The Morgan fingerprint density at radius 3 is 2.95 bits per heavy atom. The number of allylic oxidation sites excluding steroid dienone is 3. The van der Waals surface area contributed by atoms with Crippen LogP contribution in [0.1, 0.15) is 6.92 Å². The van der Waals surface area contributed by atoms with E-state index >= 15 is 0 Å². The summed E-state index contributed by atoms with van der Waals surface area (Å²) in [5.41, 5.74) is 3.30. The van der Waals surface area contributed by atoms with Crippen LogP contribution in [-0.2, 0) is 0 Å². The molecule has 1 aromatic rings. The highest BCUT2D eigenvalue weighted by Crippen LogP contribution is 2.33. The minimum Gasteiger partial charge on any atom is -0.355 e. The summed E-state index contributed by atoms with van der Waals surface area (Å²) < 4.78 is 0. The molecule has 0 saturated heterocycles. The van der Waals surface area contributed by atoms with Crippen LogP contribution in [0.2, 0.25) is 5.02 Å². The van der Waals surface area contributed by atoms with Gasteiger partial charge in [0.1, 0.15) is 11.3 Å². The average Bonchev–Trinajstić information content (AvgIpc) is 2.52. The van der Waals surface area contributed by atoms with Gasteiger partial charge in [-0.3, -0.25) is 0 Å². The van der Waals surface area contributed by atoms with Gasteiger partial charge in [-0.25, -0.2) is 0 Å². The molecule has 0 fully saturated rings. The quantitative estimate of drug-likeness (QED) is 0.483. The van der Waals surface area contributed by atoms with E-state index in [1.165, 1.54) is 0 Å². The van der Waals surface area contributed by atoms with E-state index in [-0.39, 0.29) is 0 Å². The van der Waals surface area contributed by atoms with Crippen molar-refractivity contribution in [1.29, 1.82) is 0 Å². The minimum atomic E-state index is 0.448. The largest absolute Gasteiger partial charge is 0.355 e. The molecule has 3 nitrogen and oxygen atoms in total. The Morgan fingerprint density at radius 2 is 2.26 bits per heavy atom. The molecular weight excluding hydrogens is 258 g/mol. The Kier molecular flexibility index (Phi) is 3.91. The maximum Gasteiger partial charge on any atom is 0.313 e. The van der Waals surface area contributed by atoms with Crippen LogP contribution in [0.5, 0.6) is 0 Å². The van der Waals surface area contributed by atoms with Crippen LogP contribution in [0.15, 0.2) is 64.3 Å². The highest BCUT2D eigenvalue weighted by Gasteiger charge is 2.21. The second-order valence-corrected chi connectivity index (χ2v) is 4.42. The van der Waals surface area contributed by atoms with Gasteiger partial charge in [0, 0.05) is 15.7 Å². The van der Waals surface area contributed by atoms with E-state index in [4.69, 9.17) is 18.3 Å². The van der Waals surface area contributed by atoms with Gasteiger partial charge in [-0.1, -0.05) is 30.3 Å². The summed E-state index contributed by atoms with van der Waals surface area (Å²) in [5, 5.41) is 3.89. The molecule has 1 aliphatic rings. The van der Waals surface area contributed by atoms with Crippen molar-refractivity contribution in [3.05, 3.63) is 59.3 Å². The van der Waals surface area contributed by atoms with Gasteiger partial charge in [-0.15, -0.1) is 4.99 Å². The van der Waals surface area contributed by atoms with Crippen molar-refractivity contribution in [3.8, 4) is 0 Å². The van der Waals surface area contributed by atoms with E-state index in [9.17, 15) is 0 Å². The molecule has 2 rings (SSSR count). The summed E-state index contributed by atoms with van der Waals surface area (Å²) in [4.78, 5) is 8.18. The number of anilines is 1. The number of rotatable bonds is 2. The third kappa shape index (κ3) is 2.79. The zero-order valence-corrected chi connectivity index (χ0v) is 11.3. The van der Waals surface area contributed by atoms with Crippen LogP contribution >= 0.6 is 11.6 Å². The Labute approximate surface area is 117 Å². The maximum atomic E-state index is 5.98. The van der Waals surface area contributed by atoms with Crippen molar-refractivity contribution in [2.45, 2.75) is 6.92 Å². The van der Waals surface area contributed by atoms with Crippen LogP contribution in [0, 0.1) is 0 Å². The highest BCUT2D eigenvalue weighted by atomic mass is 35.5. The molecule has 4 heteroatoms. The smallest absolute Gasteiger partial charge is 0.313 e. The van der Waals surface area contributed by atoms with Gasteiger partial charge in [-0.2, -0.15) is 0 Å². The lowest BCUT2D eigenvalue weighted by Gasteiger charge is -2.06. The predicted molar refractivity (Wildman–Crippen MR) is 82.7 cm³/mol. The van der Waals surface area contributed by atoms with Gasteiger partial charge in [0.15, 0.2) is 6.72 Å². The highest BCUT2D eigenvalue weighted by molar-refractivity contribution is 6.31. The summed E-state index contributed by atoms with van der Waals surface area (Å²) in [6, 6.07) is 5.45. The van der Waals surface area contributed by atoms with Crippen LogP contribution in [0.3, 0.4) is 0 Å². The molecule has 0 amide bonds. The van der Waals surface area contributed by atoms with E-state index in [0.29, 0.717) is 16.5 Å². The molecule has 1 heterocycles. The lowest BCUT2D eigenvalue weighted by Crippen LogP contribution is -2.03. The van der Waals surface area contributed by atoms with Gasteiger partial charge in [-0.05, 0) is 31.2 Å². The summed E-state index contributed by atoms with van der Waals surface area (Å²) in [5.74, 6) is 0.448. The van der Waals surface area contributed by atoms with Crippen LogP contribution in [0.25, 0.3) is 0 Å². The Bertz CT molecular complexity index is 624. The number of benzene rings is 1. The number of aliphatic imine (C=N–C) groups is 2. The van der Waals surface area contributed by atoms with E-state index in [0.717, 1.165) is 17.0 Å². The lowest BCUT2D eigenvalue weighted by molar-refractivity contribution is 1.36. The van der Waals surface area contributed by atoms with Crippen molar-refractivity contribution in [1.82, 2.24) is 0 Å². The Morgan fingerprint density at radius 1 is 1.47 bits per heavy atom. The van der Waals surface area contributed by atoms with E-state index in [1.54, 1.807) is 18.2 Å². The molecule has 1 aromatic carbocycles. The molecule has 0 aliphatic carbocycles. The monoisotopic (exact) mass is 270 g/mol. The third-order valence-electron chi connectivity index (χ3n) is 2.67. The fourth-order valence-electron chi connectivity index (χ4n) is 1.78. The molecule has 1 N–H and O–H groups in total. The Balaban J connectivity index is 2.60. The summed E-state index contributed by atoms with van der Waals surface area (Å²) >= 11 is 5.98. The molecule has 94 valence electrons. The van der Waals surface area contributed by atoms with Crippen molar-refractivity contribution in [2.75, 3.05) is 5.32 Å². The molecule has 0 radical (unpaired) electrons. The maximum absolute atomic E-state index is 5.98. The standard InChI is InChI=1S/C15H13ClN3/c1-4-5-6-12-10(2)18-13-8-7-11(16)9-14(13)19-15(12)17-3/h3-9,18H,1H2,2H3/q+1/b6-5-. The zero-order valence-electron chi connectivity index (χ0n) is 10.5. The number of fused-ring (bicyclic) bond motifs is 1. The minimum absolute atomic E-state index is 0.448. The molecule has 0 unspecified atom stereocenters. The van der Waals surface area contributed by atoms with Crippen LogP contribution < -0.4 is 5.32 Å². The topological polar surface area (TPSA) is 36.8 Å². The second-order valence-electron chi connectivity index (χ2n) is 3.98. The number of nitrogens with one attached hydrogen (secondary N) is 1. The number of halogens is 1. The summed E-state index contributed by atoms with van der Waals surface area (Å²) in [7, 11) is 0. The SMILES string of the molecule is [CH+]=NC1=Nc2cc(Cl)ccc2NC(C)=C1/C=C\C=C. The fraction of sp³-hybridized carbons (Fsp3) is 0.0667. The molecule has 1 aliphatic heterocycles. The lowest BCUT2D eigenvalue weighted by atomic mass is 10.1. The van der Waals surface area contributed by atoms with E-state index < -0.39 is 0 Å². The molecule has 0 saturated carbocycles. The van der Waals surface area contributed by atoms with Crippen LogP contribution in [-0.4, -0.2) is 12.6 Å². The van der Waals surface area contributed by atoms with E-state index in [2.05, 4.69) is 21.9 Å². The van der Waals surface area contributed by atoms with Gasteiger partial charge >= 0.3 is 5.84 Å². The number of hydrogen-bond acceptors (Lipinski definition) is 3. The molecule has 0 bridgehead atoms. The first-order chi connectivity index (χ1) is 9.15. The van der Waals surface area contributed by atoms with Crippen molar-refractivity contribution >= 4 is 35.5 Å². The van der Waals surface area contributed by atoms with Crippen molar-refractivity contribution in [2.24, 2.45) is 9.98 Å². The number of nitrogens with zero attached hydrogens (tertiary/aromatic N) is 2. The van der Waals surface area contributed by atoms with Gasteiger partial charge in [0.25, 0.3) is 0 Å². The van der Waals surface area contributed by atoms with Gasteiger partial charge in [0.05, 0.1) is 5.69 Å². The molecule has 0 aromatic heterocycles. The first-order valence-electron chi connectivity index (χ1n) is 5.72. The zero-order chi connectivity index (χ0) is 13.8. The fourth-order valence-corrected chi connectivity index (χ4v) is 1.94. The summed E-state index contributed by atoms with van der Waals surface area (Å²) in [6.45, 7) is 11.0. The molecular formula is C15H13ClN3+. The molecule has 0 atom stereocenters.